The summed E-state index contributed by atoms with van der Waals surface area (Å²) in [6.07, 6.45) is 4.38. The summed E-state index contributed by atoms with van der Waals surface area (Å²) in [5.41, 5.74) is 0. The minimum atomic E-state index is 0.113. The maximum atomic E-state index is 11.1. The Balaban J connectivity index is 1.52. The van der Waals surface area contributed by atoms with Crippen LogP contribution in [0.1, 0.15) is 19.3 Å². The van der Waals surface area contributed by atoms with Crippen molar-refractivity contribution in [3.63, 3.8) is 0 Å². The van der Waals surface area contributed by atoms with Crippen LogP contribution >= 0.6 is 0 Å². The molecule has 1 amide bonds. The molecule has 0 heterocycles. The second-order valence-electron chi connectivity index (χ2n) is 5.07. The first-order valence-corrected chi connectivity index (χ1v) is 5.75. The SMILES string of the molecule is CNC(=O)CNC1C2C3CCC(C3)C12. The topological polar surface area (TPSA) is 41.1 Å². The summed E-state index contributed by atoms with van der Waals surface area (Å²) in [7, 11) is 1.70. The number of likely N-dealkylation sites (N-methyl/N-ethyl adjacent to an activating group) is 1. The van der Waals surface area contributed by atoms with Gasteiger partial charge < -0.3 is 10.6 Å². The standard InChI is InChI=1S/C11H18N2O/c1-12-8(14)5-13-11-9-6-2-3-7(4-6)10(9)11/h6-7,9-11,13H,2-5H2,1H3,(H,12,14). The highest BCUT2D eigenvalue weighted by atomic mass is 16.1. The number of hydrogen-bond acceptors (Lipinski definition) is 2. The first-order valence-electron chi connectivity index (χ1n) is 5.75. The Hall–Kier alpha value is -0.570. The van der Waals surface area contributed by atoms with Gasteiger partial charge in [-0.2, -0.15) is 0 Å². The van der Waals surface area contributed by atoms with Crippen molar-refractivity contribution < 1.29 is 4.79 Å². The van der Waals surface area contributed by atoms with E-state index < -0.39 is 0 Å². The van der Waals surface area contributed by atoms with Crippen LogP contribution < -0.4 is 10.6 Å². The van der Waals surface area contributed by atoms with E-state index in [2.05, 4.69) is 10.6 Å². The number of hydrogen-bond donors (Lipinski definition) is 2. The second-order valence-corrected chi connectivity index (χ2v) is 5.07. The van der Waals surface area contributed by atoms with Crippen molar-refractivity contribution in [2.24, 2.45) is 23.7 Å². The van der Waals surface area contributed by atoms with Gasteiger partial charge in [0.05, 0.1) is 6.54 Å². The summed E-state index contributed by atoms with van der Waals surface area (Å²) in [6.45, 7) is 0.508. The van der Waals surface area contributed by atoms with Gasteiger partial charge in [-0.25, -0.2) is 0 Å². The average molecular weight is 194 g/mol. The molecule has 0 saturated heterocycles. The largest absolute Gasteiger partial charge is 0.358 e. The molecule has 14 heavy (non-hydrogen) atoms. The molecule has 3 saturated carbocycles. The van der Waals surface area contributed by atoms with E-state index in [1.807, 2.05) is 0 Å². The summed E-state index contributed by atoms with van der Waals surface area (Å²) < 4.78 is 0. The van der Waals surface area contributed by atoms with Gasteiger partial charge in [0.25, 0.3) is 0 Å². The van der Waals surface area contributed by atoms with Crippen LogP contribution in [0.2, 0.25) is 0 Å². The van der Waals surface area contributed by atoms with Crippen LogP contribution in [0.25, 0.3) is 0 Å². The third kappa shape index (κ3) is 1.11. The van der Waals surface area contributed by atoms with Crippen LogP contribution in [0.15, 0.2) is 0 Å². The third-order valence-corrected chi connectivity index (χ3v) is 4.51. The number of carbonyl (C=O) groups excluding carboxylic acids is 1. The molecule has 0 aromatic carbocycles. The third-order valence-electron chi connectivity index (χ3n) is 4.51. The molecule has 78 valence electrons. The van der Waals surface area contributed by atoms with Crippen molar-refractivity contribution in [3.05, 3.63) is 0 Å². The number of nitrogens with one attached hydrogen (secondary N) is 2. The van der Waals surface area contributed by atoms with Crippen LogP contribution in [0, 0.1) is 23.7 Å². The van der Waals surface area contributed by atoms with Crippen LogP contribution in [0.4, 0.5) is 0 Å². The summed E-state index contributed by atoms with van der Waals surface area (Å²) in [6, 6.07) is 0.679. The molecule has 3 aliphatic carbocycles. The number of rotatable bonds is 3. The Morgan fingerprint density at radius 2 is 1.93 bits per heavy atom. The number of fused-ring (bicyclic) bond motifs is 5. The van der Waals surface area contributed by atoms with E-state index in [1.165, 1.54) is 19.3 Å². The normalized spacial score (nSPS) is 47.6. The maximum absolute atomic E-state index is 11.1. The molecular weight excluding hydrogens is 176 g/mol. The van der Waals surface area contributed by atoms with Crippen LogP contribution in [0.5, 0.6) is 0 Å². The molecule has 0 aromatic rings. The van der Waals surface area contributed by atoms with E-state index in [0.29, 0.717) is 12.6 Å². The zero-order valence-corrected chi connectivity index (χ0v) is 8.62. The van der Waals surface area contributed by atoms with E-state index in [4.69, 9.17) is 0 Å². The molecule has 4 unspecified atom stereocenters. The fourth-order valence-electron chi connectivity index (χ4n) is 3.90. The minimum absolute atomic E-state index is 0.113. The highest BCUT2D eigenvalue weighted by molar-refractivity contribution is 5.77. The van der Waals surface area contributed by atoms with Gasteiger partial charge >= 0.3 is 0 Å². The first kappa shape index (κ1) is 8.72. The molecule has 4 atom stereocenters. The van der Waals surface area contributed by atoms with Crippen molar-refractivity contribution >= 4 is 5.91 Å². The smallest absolute Gasteiger partial charge is 0.233 e. The van der Waals surface area contributed by atoms with E-state index in [9.17, 15) is 4.79 Å². The lowest BCUT2D eigenvalue weighted by Gasteiger charge is -2.09. The highest BCUT2D eigenvalue weighted by Crippen LogP contribution is 2.65. The molecule has 0 spiro atoms. The van der Waals surface area contributed by atoms with Crippen LogP contribution in [-0.2, 0) is 4.79 Å². The van der Waals surface area contributed by atoms with Gasteiger partial charge in [0, 0.05) is 13.1 Å². The van der Waals surface area contributed by atoms with Crippen molar-refractivity contribution in [3.8, 4) is 0 Å². The summed E-state index contributed by atoms with van der Waals surface area (Å²) in [5, 5.41) is 6.05. The molecule has 0 aromatic heterocycles. The molecule has 3 heteroatoms. The lowest BCUT2D eigenvalue weighted by molar-refractivity contribution is -0.119. The summed E-state index contributed by atoms with van der Waals surface area (Å²) in [4.78, 5) is 11.1. The van der Waals surface area contributed by atoms with E-state index in [-0.39, 0.29) is 5.91 Å². The molecule has 2 bridgehead atoms. The molecule has 0 aliphatic heterocycles. The predicted molar refractivity (Wildman–Crippen MR) is 53.7 cm³/mol. The van der Waals surface area contributed by atoms with Gasteiger partial charge in [-0.1, -0.05) is 0 Å². The Bertz CT molecular complexity index is 250. The maximum Gasteiger partial charge on any atom is 0.233 e. The zero-order chi connectivity index (χ0) is 9.71. The predicted octanol–water partition coefficient (Wildman–Crippen LogP) is 0.366. The van der Waals surface area contributed by atoms with Crippen molar-refractivity contribution in [1.82, 2.24) is 10.6 Å². The average Bonchev–Trinajstić information content (AvgIpc) is 2.60. The Morgan fingerprint density at radius 3 is 2.50 bits per heavy atom. The summed E-state index contributed by atoms with van der Waals surface area (Å²) in [5.74, 6) is 3.96. The van der Waals surface area contributed by atoms with Gasteiger partial charge in [-0.3, -0.25) is 4.79 Å². The lowest BCUT2D eigenvalue weighted by Crippen LogP contribution is -2.34. The molecule has 2 N–H and O–H groups in total. The Kier molecular flexibility index (Phi) is 1.84. The summed E-state index contributed by atoms with van der Waals surface area (Å²) >= 11 is 0. The monoisotopic (exact) mass is 194 g/mol. The van der Waals surface area contributed by atoms with Crippen LogP contribution in [0.3, 0.4) is 0 Å². The van der Waals surface area contributed by atoms with Crippen LogP contribution in [-0.4, -0.2) is 25.5 Å². The Labute approximate surface area is 84.6 Å². The van der Waals surface area contributed by atoms with E-state index >= 15 is 0 Å². The van der Waals surface area contributed by atoms with E-state index in [1.54, 1.807) is 7.05 Å². The molecular formula is C11H18N2O. The molecule has 3 aliphatic rings. The molecule has 3 nitrogen and oxygen atoms in total. The lowest BCUT2D eigenvalue weighted by atomic mass is 10.0. The first-order chi connectivity index (χ1) is 6.81. The Morgan fingerprint density at radius 1 is 1.29 bits per heavy atom. The fraction of sp³-hybridized carbons (Fsp3) is 0.909. The van der Waals surface area contributed by atoms with Gasteiger partial charge in [-0.05, 0) is 42.9 Å². The molecule has 3 fully saturated rings. The number of amides is 1. The highest BCUT2D eigenvalue weighted by Gasteiger charge is 2.64. The van der Waals surface area contributed by atoms with E-state index in [0.717, 1.165) is 23.7 Å². The molecule has 3 rings (SSSR count). The van der Waals surface area contributed by atoms with Crippen molar-refractivity contribution in [2.75, 3.05) is 13.6 Å². The second kappa shape index (κ2) is 2.96. The number of carbonyl (C=O) groups is 1. The van der Waals surface area contributed by atoms with Crippen molar-refractivity contribution in [1.29, 1.82) is 0 Å². The van der Waals surface area contributed by atoms with Gasteiger partial charge in [0.1, 0.15) is 0 Å². The zero-order valence-electron chi connectivity index (χ0n) is 8.62. The van der Waals surface area contributed by atoms with Gasteiger partial charge in [-0.15, -0.1) is 0 Å². The fourth-order valence-corrected chi connectivity index (χ4v) is 3.90. The molecule has 0 radical (unpaired) electrons. The van der Waals surface area contributed by atoms with Crippen molar-refractivity contribution in [2.45, 2.75) is 25.3 Å². The van der Waals surface area contributed by atoms with Gasteiger partial charge in [0.2, 0.25) is 5.91 Å². The van der Waals surface area contributed by atoms with Gasteiger partial charge in [0.15, 0.2) is 0 Å². The minimum Gasteiger partial charge on any atom is -0.358 e. The quantitative estimate of drug-likeness (QED) is 0.681.